The number of methoxy groups -OCH3 is 2. The van der Waals surface area contributed by atoms with Crippen molar-refractivity contribution in [2.75, 3.05) is 20.8 Å². The molecule has 28 heavy (non-hydrogen) atoms. The van der Waals surface area contributed by atoms with Gasteiger partial charge in [0.15, 0.2) is 18.1 Å². The first-order valence-electron chi connectivity index (χ1n) is 8.45. The molecule has 0 fully saturated rings. The van der Waals surface area contributed by atoms with E-state index in [9.17, 15) is 18.4 Å². The highest BCUT2D eigenvalue weighted by atomic mass is 19.1. The van der Waals surface area contributed by atoms with E-state index in [0.29, 0.717) is 17.1 Å². The van der Waals surface area contributed by atoms with Crippen LogP contribution in [0.15, 0.2) is 36.4 Å². The molecule has 150 valence electrons. The maximum absolute atomic E-state index is 13.7. The topological polar surface area (TPSA) is 73.9 Å². The van der Waals surface area contributed by atoms with Crippen molar-refractivity contribution in [1.82, 2.24) is 5.32 Å². The second-order valence-electron chi connectivity index (χ2n) is 5.98. The van der Waals surface area contributed by atoms with Gasteiger partial charge in [0.05, 0.1) is 26.7 Å². The molecule has 0 radical (unpaired) electrons. The molecule has 1 amide bonds. The number of ether oxygens (including phenoxy) is 3. The number of amides is 1. The second kappa shape index (κ2) is 9.68. The summed E-state index contributed by atoms with van der Waals surface area (Å²) in [5.41, 5.74) is 0.760. The SMILES string of the molecule is COc1ccc(CC(=O)OCC(=O)N[C@H](C)c2ccc(F)cc2F)cc1OC. The van der Waals surface area contributed by atoms with Crippen LogP contribution in [0.4, 0.5) is 8.78 Å². The van der Waals surface area contributed by atoms with E-state index in [1.54, 1.807) is 25.1 Å². The summed E-state index contributed by atoms with van der Waals surface area (Å²) in [5, 5.41) is 2.49. The molecule has 0 saturated heterocycles. The Morgan fingerprint density at radius 2 is 1.75 bits per heavy atom. The monoisotopic (exact) mass is 393 g/mol. The number of nitrogens with one attached hydrogen (secondary N) is 1. The first kappa shape index (κ1) is 21.1. The molecule has 0 aliphatic rings. The molecule has 0 unspecified atom stereocenters. The van der Waals surface area contributed by atoms with E-state index in [-0.39, 0.29) is 12.0 Å². The van der Waals surface area contributed by atoms with Gasteiger partial charge < -0.3 is 19.5 Å². The third kappa shape index (κ3) is 5.67. The van der Waals surface area contributed by atoms with Gasteiger partial charge in [-0.15, -0.1) is 0 Å². The van der Waals surface area contributed by atoms with Crippen LogP contribution < -0.4 is 14.8 Å². The van der Waals surface area contributed by atoms with Crippen LogP contribution >= 0.6 is 0 Å². The highest BCUT2D eigenvalue weighted by Gasteiger charge is 2.16. The summed E-state index contributed by atoms with van der Waals surface area (Å²) in [6, 6.07) is 7.36. The Morgan fingerprint density at radius 3 is 2.39 bits per heavy atom. The summed E-state index contributed by atoms with van der Waals surface area (Å²) in [7, 11) is 2.98. The van der Waals surface area contributed by atoms with Gasteiger partial charge in [-0.05, 0) is 30.7 Å². The summed E-state index contributed by atoms with van der Waals surface area (Å²) in [6.07, 6.45) is -0.0597. The zero-order valence-electron chi connectivity index (χ0n) is 15.8. The van der Waals surface area contributed by atoms with Crippen molar-refractivity contribution < 1.29 is 32.6 Å². The van der Waals surface area contributed by atoms with Crippen molar-refractivity contribution in [2.45, 2.75) is 19.4 Å². The maximum atomic E-state index is 13.7. The summed E-state index contributed by atoms with van der Waals surface area (Å²) in [6.45, 7) is 1.03. The number of carbonyl (C=O) groups excluding carboxylic acids is 2. The molecule has 2 aromatic carbocycles. The molecule has 0 heterocycles. The minimum Gasteiger partial charge on any atom is -0.493 e. The number of rotatable bonds is 8. The van der Waals surface area contributed by atoms with Crippen molar-refractivity contribution in [1.29, 1.82) is 0 Å². The molecule has 1 atom stereocenters. The second-order valence-corrected chi connectivity index (χ2v) is 5.98. The van der Waals surface area contributed by atoms with Gasteiger partial charge in [0.2, 0.25) is 0 Å². The predicted octanol–water partition coefficient (Wildman–Crippen LogP) is 2.95. The van der Waals surface area contributed by atoms with Gasteiger partial charge >= 0.3 is 5.97 Å². The van der Waals surface area contributed by atoms with Gasteiger partial charge in [0.1, 0.15) is 11.6 Å². The first-order valence-corrected chi connectivity index (χ1v) is 8.45. The van der Waals surface area contributed by atoms with E-state index in [4.69, 9.17) is 14.2 Å². The molecular weight excluding hydrogens is 372 g/mol. The molecule has 2 rings (SSSR count). The van der Waals surface area contributed by atoms with Crippen LogP contribution in [-0.4, -0.2) is 32.7 Å². The van der Waals surface area contributed by atoms with E-state index in [1.807, 2.05) is 0 Å². The van der Waals surface area contributed by atoms with E-state index >= 15 is 0 Å². The van der Waals surface area contributed by atoms with E-state index in [0.717, 1.165) is 12.1 Å². The number of halogens is 2. The number of benzene rings is 2. The van der Waals surface area contributed by atoms with E-state index in [1.165, 1.54) is 20.3 Å². The standard InChI is InChI=1S/C20H21F2NO5/c1-12(15-6-5-14(21)10-16(15)22)23-19(24)11-28-20(25)9-13-4-7-17(26-2)18(8-13)27-3/h4-8,10,12H,9,11H2,1-3H3,(H,23,24)/t12-/m1/s1. The molecule has 6 nitrogen and oxygen atoms in total. The van der Waals surface area contributed by atoms with Crippen molar-refractivity contribution >= 4 is 11.9 Å². The van der Waals surface area contributed by atoms with Crippen LogP contribution in [0.25, 0.3) is 0 Å². The highest BCUT2D eigenvalue weighted by Crippen LogP contribution is 2.27. The fraction of sp³-hybridized carbons (Fsp3) is 0.300. The van der Waals surface area contributed by atoms with Crippen LogP contribution in [0.5, 0.6) is 11.5 Å². The number of hydrogen-bond acceptors (Lipinski definition) is 5. The Balaban J connectivity index is 1.86. The summed E-state index contributed by atoms with van der Waals surface area (Å²) >= 11 is 0. The van der Waals surface area contributed by atoms with E-state index in [2.05, 4.69) is 5.32 Å². The molecule has 0 saturated carbocycles. The Hall–Kier alpha value is -3.16. The zero-order valence-corrected chi connectivity index (χ0v) is 15.8. The Labute approximate surface area is 161 Å². The van der Waals surface area contributed by atoms with Crippen LogP contribution in [0.1, 0.15) is 24.1 Å². The van der Waals surface area contributed by atoms with Gasteiger partial charge in [0, 0.05) is 11.6 Å². The molecule has 0 bridgehead atoms. The smallest absolute Gasteiger partial charge is 0.310 e. The summed E-state index contributed by atoms with van der Waals surface area (Å²) < 4.78 is 41.9. The fourth-order valence-electron chi connectivity index (χ4n) is 2.57. The highest BCUT2D eigenvalue weighted by molar-refractivity contribution is 5.81. The van der Waals surface area contributed by atoms with Crippen molar-refractivity contribution in [3.63, 3.8) is 0 Å². The summed E-state index contributed by atoms with van der Waals surface area (Å²) in [5.74, 6) is -1.68. The number of hydrogen-bond donors (Lipinski definition) is 1. The van der Waals surface area contributed by atoms with Crippen molar-refractivity contribution in [2.24, 2.45) is 0 Å². The molecule has 0 spiro atoms. The largest absolute Gasteiger partial charge is 0.493 e. The van der Waals surface area contributed by atoms with Crippen LogP contribution in [0.2, 0.25) is 0 Å². The molecular formula is C20H21F2NO5. The number of carbonyl (C=O) groups is 2. The maximum Gasteiger partial charge on any atom is 0.310 e. The molecule has 2 aromatic rings. The summed E-state index contributed by atoms with van der Waals surface area (Å²) in [4.78, 5) is 23.9. The minimum absolute atomic E-state index is 0.0597. The van der Waals surface area contributed by atoms with Gasteiger partial charge in [-0.1, -0.05) is 12.1 Å². The Bertz CT molecular complexity index is 856. The normalized spacial score (nSPS) is 11.5. The van der Waals surface area contributed by atoms with Gasteiger partial charge in [0.25, 0.3) is 5.91 Å². The fourth-order valence-corrected chi connectivity index (χ4v) is 2.57. The molecule has 0 aliphatic carbocycles. The molecule has 1 N–H and O–H groups in total. The van der Waals surface area contributed by atoms with Gasteiger partial charge in [-0.3, -0.25) is 9.59 Å². The Kier molecular flexibility index (Phi) is 7.31. The van der Waals surface area contributed by atoms with Crippen LogP contribution in [0.3, 0.4) is 0 Å². The molecule has 0 aliphatic heterocycles. The minimum atomic E-state index is -0.766. The van der Waals surface area contributed by atoms with Crippen LogP contribution in [0, 0.1) is 11.6 Å². The lowest BCUT2D eigenvalue weighted by molar-refractivity contribution is -0.148. The lowest BCUT2D eigenvalue weighted by atomic mass is 10.1. The number of esters is 1. The first-order chi connectivity index (χ1) is 13.3. The zero-order chi connectivity index (χ0) is 20.7. The third-order valence-electron chi connectivity index (χ3n) is 3.97. The average molecular weight is 393 g/mol. The third-order valence-corrected chi connectivity index (χ3v) is 3.97. The Morgan fingerprint density at radius 1 is 1.04 bits per heavy atom. The molecule has 0 aromatic heterocycles. The van der Waals surface area contributed by atoms with Crippen molar-refractivity contribution in [3.05, 3.63) is 59.2 Å². The molecule has 8 heteroatoms. The average Bonchev–Trinajstić information content (AvgIpc) is 2.66. The lowest BCUT2D eigenvalue weighted by Crippen LogP contribution is -2.31. The van der Waals surface area contributed by atoms with E-state index < -0.39 is 36.2 Å². The van der Waals surface area contributed by atoms with Gasteiger partial charge in [-0.25, -0.2) is 8.78 Å². The quantitative estimate of drug-likeness (QED) is 0.698. The van der Waals surface area contributed by atoms with Gasteiger partial charge in [-0.2, -0.15) is 0 Å². The van der Waals surface area contributed by atoms with Crippen molar-refractivity contribution in [3.8, 4) is 11.5 Å². The predicted molar refractivity (Wildman–Crippen MR) is 97.1 cm³/mol. The van der Waals surface area contributed by atoms with Crippen LogP contribution in [-0.2, 0) is 20.7 Å². The lowest BCUT2D eigenvalue weighted by Gasteiger charge is -2.15.